The van der Waals surface area contributed by atoms with Crippen molar-refractivity contribution < 1.29 is 14.3 Å². The van der Waals surface area contributed by atoms with E-state index < -0.39 is 0 Å². The first kappa shape index (κ1) is 17.8. The number of aryl methyl sites for hydroxylation is 1. The predicted octanol–water partition coefficient (Wildman–Crippen LogP) is 1.47. The number of ether oxygens (including phenoxy) is 1. The molecular formula is C18H26N4O3. The first-order valence-electron chi connectivity index (χ1n) is 8.93. The van der Waals surface area contributed by atoms with Gasteiger partial charge in [0.2, 0.25) is 5.91 Å². The second-order valence-electron chi connectivity index (χ2n) is 7.05. The summed E-state index contributed by atoms with van der Waals surface area (Å²) in [6.07, 6.45) is 8.25. The first-order chi connectivity index (χ1) is 12.0. The van der Waals surface area contributed by atoms with E-state index in [1.54, 1.807) is 13.3 Å². The van der Waals surface area contributed by atoms with E-state index >= 15 is 0 Å². The third-order valence-electron chi connectivity index (χ3n) is 5.46. The van der Waals surface area contributed by atoms with E-state index in [4.69, 9.17) is 4.74 Å². The molecule has 0 atom stereocenters. The quantitative estimate of drug-likeness (QED) is 0.873. The van der Waals surface area contributed by atoms with Crippen LogP contribution in [-0.2, 0) is 9.53 Å². The van der Waals surface area contributed by atoms with E-state index in [0.717, 1.165) is 37.8 Å². The number of nitrogens with zero attached hydrogens (tertiary/aromatic N) is 3. The molecule has 3 rings (SSSR count). The largest absolute Gasteiger partial charge is 0.383 e. The van der Waals surface area contributed by atoms with E-state index in [0.29, 0.717) is 25.3 Å². The molecule has 25 heavy (non-hydrogen) atoms. The molecule has 1 saturated carbocycles. The van der Waals surface area contributed by atoms with Gasteiger partial charge in [-0.2, -0.15) is 0 Å². The fourth-order valence-corrected chi connectivity index (χ4v) is 4.01. The number of nitrogens with one attached hydrogen (secondary N) is 1. The van der Waals surface area contributed by atoms with Crippen LogP contribution in [0.3, 0.4) is 0 Å². The highest BCUT2D eigenvalue weighted by molar-refractivity contribution is 5.92. The van der Waals surface area contributed by atoms with Crippen LogP contribution in [0.4, 0.5) is 0 Å². The minimum atomic E-state index is -0.174. The molecule has 1 aromatic heterocycles. The normalized spacial score (nSPS) is 26.2. The Kier molecular flexibility index (Phi) is 5.32. The highest BCUT2D eigenvalue weighted by Gasteiger charge is 2.46. The van der Waals surface area contributed by atoms with Gasteiger partial charge in [-0.1, -0.05) is 0 Å². The Bertz CT molecular complexity index is 624. The molecule has 2 amide bonds. The summed E-state index contributed by atoms with van der Waals surface area (Å²) in [6.45, 7) is 3.07. The lowest BCUT2D eigenvalue weighted by molar-refractivity contribution is -0.133. The summed E-state index contributed by atoms with van der Waals surface area (Å²) in [5, 5.41) is 3.06. The van der Waals surface area contributed by atoms with Crippen LogP contribution in [-0.4, -0.2) is 58.5 Å². The van der Waals surface area contributed by atoms with Crippen LogP contribution in [0.25, 0.3) is 0 Å². The average Bonchev–Trinajstić information content (AvgIpc) is 2.91. The Hall–Kier alpha value is -2.02. The summed E-state index contributed by atoms with van der Waals surface area (Å²) in [6, 6.07) is 0.126. The number of amides is 2. The van der Waals surface area contributed by atoms with E-state index in [2.05, 4.69) is 15.3 Å². The predicted molar refractivity (Wildman–Crippen MR) is 92.0 cm³/mol. The Labute approximate surface area is 148 Å². The summed E-state index contributed by atoms with van der Waals surface area (Å²) < 4.78 is 5.15. The second-order valence-corrected chi connectivity index (χ2v) is 7.05. The molecule has 136 valence electrons. The molecule has 1 aliphatic heterocycles. The average molecular weight is 346 g/mol. The van der Waals surface area contributed by atoms with Crippen LogP contribution >= 0.6 is 0 Å². The third-order valence-corrected chi connectivity index (χ3v) is 5.46. The van der Waals surface area contributed by atoms with Gasteiger partial charge in [0.15, 0.2) is 0 Å². The van der Waals surface area contributed by atoms with Gasteiger partial charge < -0.3 is 15.0 Å². The molecule has 2 fully saturated rings. The minimum Gasteiger partial charge on any atom is -0.383 e. The fourth-order valence-electron chi connectivity index (χ4n) is 4.01. The lowest BCUT2D eigenvalue weighted by Gasteiger charge is -2.43. The van der Waals surface area contributed by atoms with Gasteiger partial charge in [-0.05, 0) is 39.0 Å². The van der Waals surface area contributed by atoms with Crippen LogP contribution in [0.5, 0.6) is 0 Å². The number of hydrogen-bond donors (Lipinski definition) is 1. The molecule has 0 radical (unpaired) electrons. The van der Waals surface area contributed by atoms with Crippen LogP contribution in [0.1, 0.15) is 54.7 Å². The van der Waals surface area contributed by atoms with Crippen molar-refractivity contribution in [3.63, 3.8) is 0 Å². The molecule has 2 heterocycles. The summed E-state index contributed by atoms with van der Waals surface area (Å²) in [5.41, 5.74) is 1.10. The van der Waals surface area contributed by atoms with Gasteiger partial charge in [-0.25, -0.2) is 4.98 Å². The van der Waals surface area contributed by atoms with Crippen LogP contribution in [0.2, 0.25) is 0 Å². The van der Waals surface area contributed by atoms with Gasteiger partial charge in [0.25, 0.3) is 5.91 Å². The van der Waals surface area contributed by atoms with Crippen molar-refractivity contribution in [2.24, 2.45) is 0 Å². The van der Waals surface area contributed by atoms with Crippen molar-refractivity contribution in [3.8, 4) is 0 Å². The Morgan fingerprint density at radius 1 is 1.32 bits per heavy atom. The summed E-state index contributed by atoms with van der Waals surface area (Å²) in [5.74, 6) is 0.0571. The lowest BCUT2D eigenvalue weighted by Crippen LogP contribution is -2.52. The van der Waals surface area contributed by atoms with E-state index in [1.807, 2.05) is 11.8 Å². The molecule has 1 aliphatic carbocycles. The molecule has 1 saturated heterocycles. The lowest BCUT2D eigenvalue weighted by atomic mass is 9.77. The molecule has 2 aliphatic rings. The number of carbonyl (C=O) groups is 2. The Morgan fingerprint density at radius 2 is 2.08 bits per heavy atom. The van der Waals surface area contributed by atoms with Crippen molar-refractivity contribution in [2.75, 3.05) is 20.3 Å². The molecule has 0 unspecified atom stereocenters. The zero-order valence-electron chi connectivity index (χ0n) is 15.0. The Morgan fingerprint density at radius 3 is 2.72 bits per heavy atom. The van der Waals surface area contributed by atoms with E-state index in [9.17, 15) is 9.59 Å². The highest BCUT2D eigenvalue weighted by Crippen LogP contribution is 2.42. The van der Waals surface area contributed by atoms with Crippen molar-refractivity contribution in [2.45, 2.75) is 57.0 Å². The maximum absolute atomic E-state index is 12.3. The van der Waals surface area contributed by atoms with Gasteiger partial charge in [0, 0.05) is 37.9 Å². The minimum absolute atomic E-state index is 0.0412. The number of methoxy groups -OCH3 is 1. The molecule has 0 aromatic carbocycles. The van der Waals surface area contributed by atoms with Crippen LogP contribution in [0.15, 0.2) is 12.4 Å². The van der Waals surface area contributed by atoms with Crippen molar-refractivity contribution in [1.82, 2.24) is 20.2 Å². The van der Waals surface area contributed by atoms with Gasteiger partial charge in [0.05, 0.1) is 18.5 Å². The molecule has 1 spiro atoms. The summed E-state index contributed by atoms with van der Waals surface area (Å²) in [4.78, 5) is 34.8. The van der Waals surface area contributed by atoms with E-state index in [-0.39, 0.29) is 23.4 Å². The van der Waals surface area contributed by atoms with Gasteiger partial charge in [-0.3, -0.25) is 14.6 Å². The standard InChI is InChI=1S/C18H26N4O3/c1-13-11-20-15(12-19-13)17(24)21-14-3-6-18(7-4-14)8-5-16(23)22(18)9-10-25-2/h11-12,14H,3-10H2,1-2H3,(H,21,24). The molecule has 7 heteroatoms. The summed E-state index contributed by atoms with van der Waals surface area (Å²) in [7, 11) is 1.66. The SMILES string of the molecule is COCCN1C(=O)CCC12CCC(NC(=O)c1cnc(C)cn1)CC2. The number of carbonyl (C=O) groups excluding carboxylic acids is 2. The number of likely N-dealkylation sites (tertiary alicyclic amines) is 1. The van der Waals surface area contributed by atoms with E-state index in [1.165, 1.54) is 6.20 Å². The number of rotatable bonds is 5. The monoisotopic (exact) mass is 346 g/mol. The second kappa shape index (κ2) is 7.47. The zero-order valence-corrected chi connectivity index (χ0v) is 15.0. The van der Waals surface area contributed by atoms with Crippen molar-refractivity contribution in [1.29, 1.82) is 0 Å². The van der Waals surface area contributed by atoms with Crippen LogP contribution < -0.4 is 5.32 Å². The molecule has 1 N–H and O–H groups in total. The summed E-state index contributed by atoms with van der Waals surface area (Å²) >= 11 is 0. The fraction of sp³-hybridized carbons (Fsp3) is 0.667. The smallest absolute Gasteiger partial charge is 0.271 e. The topological polar surface area (TPSA) is 84.4 Å². The molecule has 7 nitrogen and oxygen atoms in total. The van der Waals surface area contributed by atoms with Gasteiger partial charge >= 0.3 is 0 Å². The molecule has 1 aromatic rings. The zero-order chi connectivity index (χ0) is 17.9. The Balaban J connectivity index is 1.57. The van der Waals surface area contributed by atoms with Crippen molar-refractivity contribution >= 4 is 11.8 Å². The molecule has 0 bridgehead atoms. The third kappa shape index (κ3) is 3.81. The maximum Gasteiger partial charge on any atom is 0.271 e. The number of hydrogen-bond acceptors (Lipinski definition) is 5. The highest BCUT2D eigenvalue weighted by atomic mass is 16.5. The number of aromatic nitrogens is 2. The maximum atomic E-state index is 12.3. The molecular weight excluding hydrogens is 320 g/mol. The first-order valence-corrected chi connectivity index (χ1v) is 8.93. The van der Waals surface area contributed by atoms with Crippen LogP contribution in [0, 0.1) is 6.92 Å². The van der Waals surface area contributed by atoms with Gasteiger partial charge in [0.1, 0.15) is 5.69 Å². The van der Waals surface area contributed by atoms with Crippen molar-refractivity contribution in [3.05, 3.63) is 23.8 Å². The van der Waals surface area contributed by atoms with Gasteiger partial charge in [-0.15, -0.1) is 0 Å².